The van der Waals surface area contributed by atoms with Crippen molar-refractivity contribution in [2.24, 2.45) is 18.0 Å². The van der Waals surface area contributed by atoms with Crippen LogP contribution in [0.4, 0.5) is 0 Å². The molecule has 0 unspecified atom stereocenters. The molecular weight excluding hydrogens is 365 g/mol. The molecule has 0 atom stereocenters. The molecule has 0 bridgehead atoms. The van der Waals surface area contributed by atoms with Gasteiger partial charge in [-0.2, -0.15) is 5.10 Å². The van der Waals surface area contributed by atoms with Crippen LogP contribution in [0, 0.1) is 5.92 Å². The molecule has 1 aromatic rings. The maximum atomic E-state index is 4.21. The monoisotopic (exact) mass is 393 g/mol. The molecule has 0 spiro atoms. The zero-order valence-corrected chi connectivity index (χ0v) is 15.3. The Kier molecular flexibility index (Phi) is 10.5. The summed E-state index contributed by atoms with van der Waals surface area (Å²) in [6, 6.07) is 2.00. The summed E-state index contributed by atoms with van der Waals surface area (Å²) >= 11 is 0. The number of hydrogen-bond acceptors (Lipinski definition) is 2. The Hall–Kier alpha value is -0.790. The smallest absolute Gasteiger partial charge is 0.191 e. The molecule has 0 aliphatic carbocycles. The molecule has 1 heterocycles. The quantitative estimate of drug-likeness (QED) is 0.324. The Morgan fingerprint density at radius 1 is 1.35 bits per heavy atom. The molecule has 5 nitrogen and oxygen atoms in total. The summed E-state index contributed by atoms with van der Waals surface area (Å²) in [5.74, 6) is 1.65. The van der Waals surface area contributed by atoms with Crippen LogP contribution in [0.5, 0.6) is 0 Å². The lowest BCUT2D eigenvalue weighted by Crippen LogP contribution is -2.37. The van der Waals surface area contributed by atoms with Gasteiger partial charge in [0.05, 0.1) is 12.2 Å². The van der Waals surface area contributed by atoms with Crippen LogP contribution in [0.2, 0.25) is 0 Å². The number of nitrogens with one attached hydrogen (secondary N) is 2. The highest BCUT2D eigenvalue weighted by molar-refractivity contribution is 14.0. The zero-order valence-electron chi connectivity index (χ0n) is 13.0. The number of unbranched alkanes of at least 4 members (excludes halogenated alkanes) is 1. The lowest BCUT2D eigenvalue weighted by atomic mass is 10.1. The third-order valence-electron chi connectivity index (χ3n) is 3.08. The van der Waals surface area contributed by atoms with Gasteiger partial charge in [0.1, 0.15) is 0 Å². The molecule has 0 aliphatic rings. The Morgan fingerprint density at radius 3 is 2.65 bits per heavy atom. The Morgan fingerprint density at radius 2 is 2.10 bits per heavy atom. The molecule has 0 saturated carbocycles. The molecular formula is C14H28IN5. The molecule has 0 aliphatic heterocycles. The molecule has 0 amide bonds. The van der Waals surface area contributed by atoms with E-state index in [1.54, 1.807) is 13.2 Å². The summed E-state index contributed by atoms with van der Waals surface area (Å²) in [7, 11) is 3.74. The van der Waals surface area contributed by atoms with E-state index < -0.39 is 0 Å². The Labute approximate surface area is 139 Å². The van der Waals surface area contributed by atoms with Crippen LogP contribution < -0.4 is 10.6 Å². The summed E-state index contributed by atoms with van der Waals surface area (Å²) in [6.45, 7) is 6.24. The summed E-state index contributed by atoms with van der Waals surface area (Å²) in [6.07, 6.45) is 5.55. The second-order valence-corrected chi connectivity index (χ2v) is 5.19. The molecule has 6 heteroatoms. The van der Waals surface area contributed by atoms with Crippen LogP contribution in [0.25, 0.3) is 0 Å². The molecule has 1 rings (SSSR count). The van der Waals surface area contributed by atoms with Crippen molar-refractivity contribution in [2.75, 3.05) is 13.6 Å². The highest BCUT2D eigenvalue weighted by Crippen LogP contribution is 2.04. The van der Waals surface area contributed by atoms with Crippen molar-refractivity contribution in [3.05, 3.63) is 18.0 Å². The summed E-state index contributed by atoms with van der Waals surface area (Å²) in [5.41, 5.74) is 1.14. The highest BCUT2D eigenvalue weighted by Gasteiger charge is 2.01. The molecule has 116 valence electrons. The normalized spacial score (nSPS) is 11.3. The van der Waals surface area contributed by atoms with E-state index >= 15 is 0 Å². The fourth-order valence-corrected chi connectivity index (χ4v) is 1.85. The van der Waals surface area contributed by atoms with Crippen molar-refractivity contribution in [2.45, 2.75) is 39.7 Å². The molecule has 0 fully saturated rings. The van der Waals surface area contributed by atoms with Gasteiger partial charge in [-0.05, 0) is 18.4 Å². The van der Waals surface area contributed by atoms with Crippen LogP contribution in [-0.2, 0) is 13.6 Å². The van der Waals surface area contributed by atoms with Crippen molar-refractivity contribution in [3.8, 4) is 0 Å². The summed E-state index contributed by atoms with van der Waals surface area (Å²) in [5, 5.41) is 10.8. The Balaban J connectivity index is 0.00000361. The van der Waals surface area contributed by atoms with Gasteiger partial charge in [0.25, 0.3) is 0 Å². The van der Waals surface area contributed by atoms with E-state index in [0.29, 0.717) is 0 Å². The van der Waals surface area contributed by atoms with Gasteiger partial charge >= 0.3 is 0 Å². The first kappa shape index (κ1) is 19.2. The van der Waals surface area contributed by atoms with Gasteiger partial charge in [-0.15, -0.1) is 24.0 Å². The summed E-state index contributed by atoms with van der Waals surface area (Å²) < 4.78 is 1.86. The largest absolute Gasteiger partial charge is 0.356 e. The first-order chi connectivity index (χ1) is 9.13. The van der Waals surface area contributed by atoms with Gasteiger partial charge in [-0.3, -0.25) is 9.67 Å². The highest BCUT2D eigenvalue weighted by atomic mass is 127. The van der Waals surface area contributed by atoms with Gasteiger partial charge in [-0.1, -0.05) is 26.7 Å². The number of aryl methyl sites for hydroxylation is 1. The lowest BCUT2D eigenvalue weighted by Gasteiger charge is -2.12. The molecule has 0 saturated heterocycles. The predicted octanol–water partition coefficient (Wildman–Crippen LogP) is 2.53. The van der Waals surface area contributed by atoms with E-state index in [1.165, 1.54) is 19.3 Å². The second-order valence-electron chi connectivity index (χ2n) is 5.19. The Bertz CT molecular complexity index is 387. The van der Waals surface area contributed by atoms with Crippen LogP contribution in [0.15, 0.2) is 17.3 Å². The van der Waals surface area contributed by atoms with E-state index in [1.807, 2.05) is 17.8 Å². The van der Waals surface area contributed by atoms with E-state index in [2.05, 4.69) is 34.6 Å². The SMILES string of the molecule is CN=C(NCCCCC(C)C)NCc1ccnn1C.I. The number of halogens is 1. The maximum Gasteiger partial charge on any atom is 0.191 e. The van der Waals surface area contributed by atoms with E-state index in [9.17, 15) is 0 Å². The van der Waals surface area contributed by atoms with Gasteiger partial charge < -0.3 is 10.6 Å². The molecule has 0 radical (unpaired) electrons. The molecule has 1 aromatic heterocycles. The number of rotatable bonds is 7. The number of aromatic nitrogens is 2. The number of nitrogens with zero attached hydrogens (tertiary/aromatic N) is 3. The maximum absolute atomic E-state index is 4.21. The standard InChI is InChI=1S/C14H27N5.HI/c1-12(2)7-5-6-9-16-14(15-3)17-11-13-8-10-18-19(13)4;/h8,10,12H,5-7,9,11H2,1-4H3,(H2,15,16,17);1H. The second kappa shape index (κ2) is 10.9. The minimum atomic E-state index is 0. The number of aliphatic imine (C=N–C) groups is 1. The first-order valence-corrected chi connectivity index (χ1v) is 7.05. The van der Waals surface area contributed by atoms with E-state index in [-0.39, 0.29) is 24.0 Å². The number of guanidine groups is 1. The number of hydrogen-bond donors (Lipinski definition) is 2. The minimum absolute atomic E-state index is 0. The van der Waals surface area contributed by atoms with Crippen molar-refractivity contribution in [3.63, 3.8) is 0 Å². The summed E-state index contributed by atoms with van der Waals surface area (Å²) in [4.78, 5) is 4.21. The first-order valence-electron chi connectivity index (χ1n) is 7.05. The van der Waals surface area contributed by atoms with Gasteiger partial charge in [0, 0.05) is 26.8 Å². The third kappa shape index (κ3) is 7.72. The fourth-order valence-electron chi connectivity index (χ4n) is 1.85. The van der Waals surface area contributed by atoms with Gasteiger partial charge in [-0.25, -0.2) is 0 Å². The van der Waals surface area contributed by atoms with Crippen LogP contribution in [0.3, 0.4) is 0 Å². The fraction of sp³-hybridized carbons (Fsp3) is 0.714. The average Bonchev–Trinajstić information content (AvgIpc) is 2.78. The molecule has 20 heavy (non-hydrogen) atoms. The zero-order chi connectivity index (χ0) is 14.1. The molecule has 2 N–H and O–H groups in total. The van der Waals surface area contributed by atoms with E-state index in [4.69, 9.17) is 0 Å². The van der Waals surface area contributed by atoms with Crippen LogP contribution >= 0.6 is 24.0 Å². The molecule has 0 aromatic carbocycles. The van der Waals surface area contributed by atoms with Crippen molar-refractivity contribution in [1.29, 1.82) is 0 Å². The van der Waals surface area contributed by atoms with E-state index in [0.717, 1.165) is 30.7 Å². The lowest BCUT2D eigenvalue weighted by molar-refractivity contribution is 0.534. The minimum Gasteiger partial charge on any atom is -0.356 e. The van der Waals surface area contributed by atoms with Crippen molar-refractivity contribution >= 4 is 29.9 Å². The van der Waals surface area contributed by atoms with Gasteiger partial charge in [0.2, 0.25) is 0 Å². The third-order valence-corrected chi connectivity index (χ3v) is 3.08. The average molecular weight is 393 g/mol. The topological polar surface area (TPSA) is 54.2 Å². The van der Waals surface area contributed by atoms with Crippen molar-refractivity contribution < 1.29 is 0 Å². The van der Waals surface area contributed by atoms with Gasteiger partial charge in [0.15, 0.2) is 5.96 Å². The van der Waals surface area contributed by atoms with Crippen LogP contribution in [0.1, 0.15) is 38.8 Å². The predicted molar refractivity (Wildman–Crippen MR) is 95.5 cm³/mol. The van der Waals surface area contributed by atoms with Crippen LogP contribution in [-0.4, -0.2) is 29.3 Å². The van der Waals surface area contributed by atoms with Crippen molar-refractivity contribution in [1.82, 2.24) is 20.4 Å².